The zero-order valence-corrected chi connectivity index (χ0v) is 7.68. The smallest absolute Gasteiger partial charge is 0.168 e. The van der Waals surface area contributed by atoms with Gasteiger partial charge in [-0.15, -0.1) is 0 Å². The van der Waals surface area contributed by atoms with Gasteiger partial charge in [-0.05, 0) is 26.1 Å². The third kappa shape index (κ3) is 1.49. The van der Waals surface area contributed by atoms with Gasteiger partial charge in [0.25, 0.3) is 0 Å². The minimum absolute atomic E-state index is 0.375. The fourth-order valence-electron chi connectivity index (χ4n) is 1.83. The highest BCUT2D eigenvalue weighted by molar-refractivity contribution is 5.71. The molecule has 1 aliphatic rings. The Morgan fingerprint density at radius 3 is 3.15 bits per heavy atom. The molecule has 4 nitrogen and oxygen atoms in total. The number of aldehydes is 1. The number of carbonyl (C=O) groups excluding carboxylic acids is 1. The van der Waals surface area contributed by atoms with Crippen molar-refractivity contribution in [3.8, 4) is 0 Å². The fourth-order valence-corrected chi connectivity index (χ4v) is 1.83. The average molecular weight is 179 g/mol. The van der Waals surface area contributed by atoms with Crippen LogP contribution in [0.1, 0.15) is 23.0 Å². The number of hydrogen-bond donors (Lipinski definition) is 0. The predicted molar refractivity (Wildman–Crippen MR) is 48.8 cm³/mol. The summed E-state index contributed by atoms with van der Waals surface area (Å²) in [5, 5.41) is 4.16. The maximum Gasteiger partial charge on any atom is 0.168 e. The van der Waals surface area contributed by atoms with Gasteiger partial charge in [0, 0.05) is 12.7 Å². The Morgan fingerprint density at radius 2 is 2.54 bits per heavy atom. The molecule has 0 N–H and O–H groups in total. The van der Waals surface area contributed by atoms with Crippen molar-refractivity contribution in [2.75, 3.05) is 20.1 Å². The van der Waals surface area contributed by atoms with E-state index in [2.05, 4.69) is 17.0 Å². The molecule has 1 saturated heterocycles. The van der Waals surface area contributed by atoms with Crippen molar-refractivity contribution >= 4 is 6.29 Å². The van der Waals surface area contributed by atoms with Crippen LogP contribution in [-0.2, 0) is 0 Å². The van der Waals surface area contributed by atoms with Crippen molar-refractivity contribution < 1.29 is 4.79 Å². The standard InChI is InChI=1S/C9H13N3O/c1-11-5-3-8(6-11)12-9(7-13)2-4-10-12/h2,4,7-8H,3,5-6H2,1H3. The molecule has 2 heterocycles. The van der Waals surface area contributed by atoms with Crippen LogP contribution in [0.3, 0.4) is 0 Å². The van der Waals surface area contributed by atoms with Gasteiger partial charge in [0.1, 0.15) is 5.69 Å². The predicted octanol–water partition coefficient (Wildman–Crippen LogP) is 0.572. The van der Waals surface area contributed by atoms with Crippen LogP contribution < -0.4 is 0 Å². The molecule has 70 valence electrons. The summed E-state index contributed by atoms with van der Waals surface area (Å²) in [5.41, 5.74) is 0.681. The van der Waals surface area contributed by atoms with Gasteiger partial charge in [-0.3, -0.25) is 9.48 Å². The summed E-state index contributed by atoms with van der Waals surface area (Å²) in [7, 11) is 2.09. The highest BCUT2D eigenvalue weighted by Gasteiger charge is 2.22. The Kier molecular flexibility index (Phi) is 2.14. The Morgan fingerprint density at radius 1 is 1.69 bits per heavy atom. The van der Waals surface area contributed by atoms with Gasteiger partial charge in [-0.1, -0.05) is 0 Å². The van der Waals surface area contributed by atoms with E-state index in [9.17, 15) is 4.79 Å². The third-order valence-electron chi connectivity index (χ3n) is 2.53. The lowest BCUT2D eigenvalue weighted by Gasteiger charge is -2.12. The van der Waals surface area contributed by atoms with E-state index in [-0.39, 0.29) is 0 Å². The molecule has 4 heteroatoms. The molecule has 0 saturated carbocycles. The molecule has 0 amide bonds. The molecular weight excluding hydrogens is 166 g/mol. The van der Waals surface area contributed by atoms with Crippen LogP contribution >= 0.6 is 0 Å². The maximum atomic E-state index is 10.7. The monoisotopic (exact) mass is 179 g/mol. The molecule has 0 spiro atoms. The van der Waals surface area contributed by atoms with Gasteiger partial charge < -0.3 is 4.90 Å². The summed E-state index contributed by atoms with van der Waals surface area (Å²) in [6.45, 7) is 2.07. The van der Waals surface area contributed by atoms with Crippen molar-refractivity contribution in [3.63, 3.8) is 0 Å². The molecule has 0 bridgehead atoms. The van der Waals surface area contributed by atoms with Crippen molar-refractivity contribution in [2.45, 2.75) is 12.5 Å². The van der Waals surface area contributed by atoms with Crippen LogP contribution in [0.25, 0.3) is 0 Å². The van der Waals surface area contributed by atoms with Crippen LogP contribution in [0.2, 0.25) is 0 Å². The van der Waals surface area contributed by atoms with Gasteiger partial charge in [0.15, 0.2) is 6.29 Å². The fraction of sp³-hybridized carbons (Fsp3) is 0.556. The Balaban J connectivity index is 2.20. The largest absolute Gasteiger partial charge is 0.304 e. The molecule has 1 fully saturated rings. The molecule has 0 aliphatic carbocycles. The summed E-state index contributed by atoms with van der Waals surface area (Å²) < 4.78 is 1.83. The molecule has 1 atom stereocenters. The van der Waals surface area contributed by atoms with Gasteiger partial charge in [0.2, 0.25) is 0 Å². The first-order valence-electron chi connectivity index (χ1n) is 4.48. The van der Waals surface area contributed by atoms with Crippen LogP contribution in [-0.4, -0.2) is 41.1 Å². The number of likely N-dealkylation sites (tertiary alicyclic amines) is 1. The highest BCUT2D eigenvalue weighted by Crippen LogP contribution is 2.20. The molecule has 13 heavy (non-hydrogen) atoms. The van der Waals surface area contributed by atoms with E-state index in [1.807, 2.05) is 4.68 Å². The number of nitrogens with zero attached hydrogens (tertiary/aromatic N) is 3. The lowest BCUT2D eigenvalue weighted by Crippen LogP contribution is -2.18. The number of aromatic nitrogens is 2. The lowest BCUT2D eigenvalue weighted by atomic mass is 10.2. The van der Waals surface area contributed by atoms with E-state index < -0.39 is 0 Å². The van der Waals surface area contributed by atoms with Crippen LogP contribution in [0.5, 0.6) is 0 Å². The summed E-state index contributed by atoms with van der Waals surface area (Å²) >= 11 is 0. The molecular formula is C9H13N3O. The molecule has 1 unspecified atom stereocenters. The number of carbonyl (C=O) groups is 1. The topological polar surface area (TPSA) is 38.1 Å². The number of likely N-dealkylation sites (N-methyl/N-ethyl adjacent to an activating group) is 1. The zero-order valence-electron chi connectivity index (χ0n) is 7.68. The minimum atomic E-state index is 0.375. The zero-order chi connectivity index (χ0) is 9.26. The summed E-state index contributed by atoms with van der Waals surface area (Å²) in [6.07, 6.45) is 3.63. The van der Waals surface area contributed by atoms with Gasteiger partial charge in [-0.25, -0.2) is 0 Å². The average Bonchev–Trinajstić information content (AvgIpc) is 2.71. The first-order chi connectivity index (χ1) is 6.31. The summed E-state index contributed by atoms with van der Waals surface area (Å²) in [4.78, 5) is 12.9. The maximum absolute atomic E-state index is 10.7. The second-order valence-electron chi connectivity index (χ2n) is 3.52. The van der Waals surface area contributed by atoms with Crippen LogP contribution in [0, 0.1) is 0 Å². The number of hydrogen-bond acceptors (Lipinski definition) is 3. The van der Waals surface area contributed by atoms with Crippen molar-refractivity contribution in [1.29, 1.82) is 0 Å². The Hall–Kier alpha value is -1.16. The SMILES string of the molecule is CN1CCC(n2nccc2C=O)C1. The van der Waals surface area contributed by atoms with Crippen LogP contribution in [0.4, 0.5) is 0 Å². The second-order valence-corrected chi connectivity index (χ2v) is 3.52. The second kappa shape index (κ2) is 3.30. The summed E-state index contributed by atoms with van der Waals surface area (Å²) in [5.74, 6) is 0. The van der Waals surface area contributed by atoms with E-state index in [1.54, 1.807) is 12.3 Å². The van der Waals surface area contributed by atoms with E-state index in [0.29, 0.717) is 11.7 Å². The van der Waals surface area contributed by atoms with Crippen LogP contribution in [0.15, 0.2) is 12.3 Å². The van der Waals surface area contributed by atoms with Gasteiger partial charge in [-0.2, -0.15) is 5.10 Å². The summed E-state index contributed by atoms with van der Waals surface area (Å²) in [6, 6.07) is 2.13. The molecule has 2 rings (SSSR count). The molecule has 1 aromatic heterocycles. The van der Waals surface area contributed by atoms with Crippen molar-refractivity contribution in [2.24, 2.45) is 0 Å². The van der Waals surface area contributed by atoms with E-state index >= 15 is 0 Å². The Bertz CT molecular complexity index is 308. The van der Waals surface area contributed by atoms with E-state index in [0.717, 1.165) is 25.8 Å². The highest BCUT2D eigenvalue weighted by atomic mass is 16.1. The lowest BCUT2D eigenvalue weighted by molar-refractivity contribution is 0.111. The quantitative estimate of drug-likeness (QED) is 0.623. The molecule has 0 aromatic carbocycles. The first-order valence-corrected chi connectivity index (χ1v) is 4.48. The first kappa shape index (κ1) is 8.44. The Labute approximate surface area is 77.1 Å². The molecule has 1 aromatic rings. The third-order valence-corrected chi connectivity index (χ3v) is 2.53. The van der Waals surface area contributed by atoms with Crippen molar-refractivity contribution in [3.05, 3.63) is 18.0 Å². The van der Waals surface area contributed by atoms with Gasteiger partial charge in [0.05, 0.1) is 6.04 Å². The molecule has 0 radical (unpaired) electrons. The number of rotatable bonds is 2. The van der Waals surface area contributed by atoms with E-state index in [1.165, 1.54) is 0 Å². The normalized spacial score (nSPS) is 23.6. The van der Waals surface area contributed by atoms with Gasteiger partial charge >= 0.3 is 0 Å². The molecule has 1 aliphatic heterocycles. The van der Waals surface area contributed by atoms with E-state index in [4.69, 9.17) is 0 Å². The van der Waals surface area contributed by atoms with Crippen molar-refractivity contribution in [1.82, 2.24) is 14.7 Å². The minimum Gasteiger partial charge on any atom is -0.304 e.